The third kappa shape index (κ3) is 5.85. The monoisotopic (exact) mass is 557 g/mol. The number of benzene rings is 3. The number of amides is 1. The van der Waals surface area contributed by atoms with Gasteiger partial charge >= 0.3 is 5.63 Å². The van der Waals surface area contributed by atoms with Gasteiger partial charge in [0.25, 0.3) is 5.91 Å². The van der Waals surface area contributed by atoms with E-state index in [0.717, 1.165) is 23.1 Å². The van der Waals surface area contributed by atoms with Crippen LogP contribution < -0.4 is 20.4 Å². The minimum Gasteiger partial charge on any atom is -0.496 e. The Hall–Kier alpha value is -4.14. The van der Waals surface area contributed by atoms with Gasteiger partial charge in [-0.1, -0.05) is 29.8 Å². The van der Waals surface area contributed by atoms with E-state index in [4.69, 9.17) is 23.4 Å². The first-order valence-corrected chi connectivity index (χ1v) is 13.6. The lowest BCUT2D eigenvalue weighted by atomic mass is 9.94. The second-order valence-electron chi connectivity index (χ2n) is 10.9. The fraction of sp³-hybridized carbons (Fsp3) is 0.333. The third-order valence-corrected chi connectivity index (χ3v) is 7.56. The van der Waals surface area contributed by atoms with E-state index in [9.17, 15) is 9.59 Å². The van der Waals surface area contributed by atoms with Gasteiger partial charge in [0.05, 0.1) is 18.8 Å². The lowest BCUT2D eigenvalue weighted by molar-refractivity contribution is -0.233. The maximum Gasteiger partial charge on any atom is 0.360 e. The number of ether oxygens (including phenoxy) is 4. The van der Waals surface area contributed by atoms with Gasteiger partial charge in [0, 0.05) is 35.6 Å². The molecule has 1 aliphatic rings. The quantitative estimate of drug-likeness (QED) is 0.254. The van der Waals surface area contributed by atoms with Crippen molar-refractivity contribution in [1.29, 1.82) is 0 Å². The first-order valence-electron chi connectivity index (χ1n) is 13.6. The molecule has 3 aromatic carbocycles. The van der Waals surface area contributed by atoms with E-state index < -0.39 is 23.4 Å². The van der Waals surface area contributed by atoms with Crippen molar-refractivity contribution in [2.24, 2.45) is 0 Å². The molecule has 1 aliphatic heterocycles. The summed E-state index contributed by atoms with van der Waals surface area (Å²) < 4.78 is 29.1. The summed E-state index contributed by atoms with van der Waals surface area (Å²) in [5, 5.41) is 3.37. The number of anilines is 1. The molecule has 1 fully saturated rings. The van der Waals surface area contributed by atoms with Crippen molar-refractivity contribution in [3.63, 3.8) is 0 Å². The fourth-order valence-electron chi connectivity index (χ4n) is 5.34. The smallest absolute Gasteiger partial charge is 0.360 e. The molecule has 41 heavy (non-hydrogen) atoms. The number of carbonyl (C=O) groups is 1. The molecule has 0 bridgehead atoms. The minimum absolute atomic E-state index is 0.0151. The molecule has 0 aliphatic carbocycles. The Morgan fingerprint density at radius 2 is 1.76 bits per heavy atom. The fourth-order valence-corrected chi connectivity index (χ4v) is 5.34. The zero-order valence-corrected chi connectivity index (χ0v) is 24.2. The summed E-state index contributed by atoms with van der Waals surface area (Å²) in [7, 11) is 3.27. The van der Waals surface area contributed by atoms with Crippen LogP contribution >= 0.6 is 0 Å². The highest BCUT2D eigenvalue weighted by Gasteiger charge is 2.39. The molecular weight excluding hydrogens is 522 g/mol. The van der Waals surface area contributed by atoms with Crippen molar-refractivity contribution < 1.29 is 28.2 Å². The Bertz CT molecular complexity index is 1660. The summed E-state index contributed by atoms with van der Waals surface area (Å²) >= 11 is 0. The number of nitrogens with one attached hydrogen (secondary N) is 1. The number of carbonyl (C=O) groups excluding carboxylic acids is 1. The van der Waals surface area contributed by atoms with Gasteiger partial charge in [0.1, 0.15) is 22.8 Å². The number of aryl methyl sites for hydroxylation is 2. The maximum absolute atomic E-state index is 13.2. The van der Waals surface area contributed by atoms with Crippen molar-refractivity contribution in [3.05, 3.63) is 87.8 Å². The summed E-state index contributed by atoms with van der Waals surface area (Å²) in [5.41, 5.74) is 3.14. The van der Waals surface area contributed by atoms with E-state index in [1.165, 1.54) is 0 Å². The van der Waals surface area contributed by atoms with E-state index in [-0.39, 0.29) is 11.8 Å². The lowest BCUT2D eigenvalue weighted by Gasteiger charge is -2.41. The van der Waals surface area contributed by atoms with Crippen molar-refractivity contribution in [3.8, 4) is 22.6 Å². The Balaban J connectivity index is 1.38. The molecule has 4 aromatic rings. The van der Waals surface area contributed by atoms with Gasteiger partial charge in [-0.25, -0.2) is 4.79 Å². The van der Waals surface area contributed by atoms with Gasteiger partial charge in [0.2, 0.25) is 6.29 Å². The molecule has 2 unspecified atom stereocenters. The van der Waals surface area contributed by atoms with Gasteiger partial charge in [0.15, 0.2) is 0 Å². The number of rotatable bonds is 7. The highest BCUT2D eigenvalue weighted by molar-refractivity contribution is 6.05. The van der Waals surface area contributed by atoms with Crippen molar-refractivity contribution in [2.45, 2.75) is 58.5 Å². The SMILES string of the molecule is COc1ccc(C(=O)Nc2cc3ccc(OC4CCC(OC)C(C)(C)O4)c(C)c3oc2=O)cc1-c1cccc(C)c1. The van der Waals surface area contributed by atoms with Crippen LogP contribution in [0.15, 0.2) is 69.9 Å². The summed E-state index contributed by atoms with van der Waals surface area (Å²) in [6.07, 6.45) is 1.01. The summed E-state index contributed by atoms with van der Waals surface area (Å²) in [6, 6.07) is 18.3. The van der Waals surface area contributed by atoms with Crippen LogP contribution in [0.25, 0.3) is 22.1 Å². The van der Waals surface area contributed by atoms with Gasteiger partial charge in [-0.2, -0.15) is 0 Å². The summed E-state index contributed by atoms with van der Waals surface area (Å²) in [4.78, 5) is 26.2. The second kappa shape index (κ2) is 11.4. The van der Waals surface area contributed by atoms with E-state index in [2.05, 4.69) is 5.32 Å². The van der Waals surface area contributed by atoms with Gasteiger partial charge in [-0.15, -0.1) is 0 Å². The average molecular weight is 558 g/mol. The predicted molar refractivity (Wildman–Crippen MR) is 158 cm³/mol. The van der Waals surface area contributed by atoms with Crippen LogP contribution in [0.1, 0.15) is 48.2 Å². The lowest BCUT2D eigenvalue weighted by Crippen LogP contribution is -2.49. The van der Waals surface area contributed by atoms with Crippen LogP contribution in [0.3, 0.4) is 0 Å². The average Bonchev–Trinajstić information content (AvgIpc) is 2.94. The highest BCUT2D eigenvalue weighted by Crippen LogP contribution is 2.35. The van der Waals surface area contributed by atoms with E-state index in [1.807, 2.05) is 58.0 Å². The zero-order valence-electron chi connectivity index (χ0n) is 24.2. The van der Waals surface area contributed by atoms with Gasteiger partial charge in [-0.05, 0) is 76.1 Å². The van der Waals surface area contributed by atoms with Crippen molar-refractivity contribution in [2.75, 3.05) is 19.5 Å². The molecule has 0 spiro atoms. The molecule has 2 heterocycles. The molecular formula is C33H35NO7. The summed E-state index contributed by atoms with van der Waals surface area (Å²) in [6.45, 7) is 7.79. The molecule has 2 atom stereocenters. The minimum atomic E-state index is -0.656. The molecule has 8 nitrogen and oxygen atoms in total. The molecule has 0 saturated carbocycles. The van der Waals surface area contributed by atoms with Gasteiger partial charge in [-0.3, -0.25) is 4.79 Å². The van der Waals surface area contributed by atoms with Crippen LogP contribution in [-0.2, 0) is 9.47 Å². The molecule has 1 N–H and O–H groups in total. The molecule has 1 amide bonds. The molecule has 0 radical (unpaired) electrons. The van der Waals surface area contributed by atoms with Crippen LogP contribution in [0.2, 0.25) is 0 Å². The van der Waals surface area contributed by atoms with Crippen molar-refractivity contribution >= 4 is 22.6 Å². The molecule has 214 valence electrons. The number of hydrogen-bond acceptors (Lipinski definition) is 7. The number of methoxy groups -OCH3 is 2. The van der Waals surface area contributed by atoms with Gasteiger partial charge < -0.3 is 28.7 Å². The Labute approximate surface area is 239 Å². The Morgan fingerprint density at radius 3 is 2.46 bits per heavy atom. The Morgan fingerprint density at radius 1 is 0.976 bits per heavy atom. The number of fused-ring (bicyclic) bond motifs is 1. The van der Waals surface area contributed by atoms with Crippen LogP contribution in [0.4, 0.5) is 5.69 Å². The largest absolute Gasteiger partial charge is 0.496 e. The van der Waals surface area contributed by atoms with E-state index >= 15 is 0 Å². The highest BCUT2D eigenvalue weighted by atomic mass is 16.7. The van der Waals surface area contributed by atoms with Crippen molar-refractivity contribution in [1.82, 2.24) is 0 Å². The zero-order chi connectivity index (χ0) is 29.3. The topological polar surface area (TPSA) is 96.2 Å². The van der Waals surface area contributed by atoms with Crippen LogP contribution in [-0.4, -0.2) is 38.1 Å². The molecule has 1 saturated heterocycles. The second-order valence-corrected chi connectivity index (χ2v) is 10.9. The first kappa shape index (κ1) is 28.4. The van der Waals surface area contributed by atoms with E-state index in [0.29, 0.717) is 40.0 Å². The third-order valence-electron chi connectivity index (χ3n) is 7.56. The number of hydrogen-bond donors (Lipinski definition) is 1. The summed E-state index contributed by atoms with van der Waals surface area (Å²) in [5.74, 6) is 0.777. The molecule has 5 rings (SSSR count). The maximum atomic E-state index is 13.2. The predicted octanol–water partition coefficient (Wildman–Crippen LogP) is 6.65. The standard InChI is InChI=1S/C33H35NO7/c1-19-8-7-9-21(16-19)24-17-23(11-13-27(24)37-5)31(35)34-25-18-22-10-12-26(20(2)30(22)40-32(25)36)39-29-15-14-28(38-6)33(3,4)41-29/h7-13,16-18,28-29H,14-15H2,1-6H3,(H,34,35). The normalized spacial score (nSPS) is 18.2. The van der Waals surface area contributed by atoms with Crippen LogP contribution in [0, 0.1) is 13.8 Å². The van der Waals surface area contributed by atoms with E-state index in [1.54, 1.807) is 44.6 Å². The Kier molecular flexibility index (Phi) is 7.89. The first-order chi connectivity index (χ1) is 19.6. The molecule has 1 aromatic heterocycles. The molecule has 8 heteroatoms. The van der Waals surface area contributed by atoms with Crippen LogP contribution in [0.5, 0.6) is 11.5 Å².